The number of carbonyl (C=O) groups excluding carboxylic acids is 3. The standard InChI is InChI=1S/C24H22N6O6/c1-14-7-8-15(12-16(14)26-20(31)17-13-25-18-6-4-5-11-29(17)18)19-27-21(36-28-19)24(9-10-24)30(22(32)34-2)23(33)35-3/h4-8,11-13H,9-10H2,1-3H3,(H,26,31). The molecule has 5 rings (SSSR count). The first-order valence-electron chi connectivity index (χ1n) is 11.0. The molecule has 0 saturated heterocycles. The topological polar surface area (TPSA) is 141 Å². The van der Waals surface area contributed by atoms with Gasteiger partial charge in [0, 0.05) is 17.4 Å². The van der Waals surface area contributed by atoms with Crippen LogP contribution in [0.15, 0.2) is 53.3 Å². The summed E-state index contributed by atoms with van der Waals surface area (Å²) in [5.74, 6) is -0.00655. The number of anilines is 1. The van der Waals surface area contributed by atoms with Crippen molar-refractivity contribution >= 4 is 29.4 Å². The smallest absolute Gasteiger partial charge is 0.420 e. The van der Waals surface area contributed by atoms with E-state index in [0.717, 1.165) is 10.5 Å². The maximum Gasteiger partial charge on any atom is 0.420 e. The fraction of sp³-hybridized carbons (Fsp3) is 0.250. The molecule has 0 bridgehead atoms. The Bertz CT molecular complexity index is 1470. The van der Waals surface area contributed by atoms with Gasteiger partial charge in [-0.25, -0.2) is 14.6 Å². The van der Waals surface area contributed by atoms with Crippen LogP contribution in [0.3, 0.4) is 0 Å². The van der Waals surface area contributed by atoms with Crippen LogP contribution in [-0.4, -0.2) is 56.7 Å². The summed E-state index contributed by atoms with van der Waals surface area (Å²) >= 11 is 0. The summed E-state index contributed by atoms with van der Waals surface area (Å²) in [6, 6.07) is 10.8. The number of benzene rings is 1. The average Bonchev–Trinajstić information content (AvgIpc) is 3.31. The number of nitrogens with zero attached hydrogens (tertiary/aromatic N) is 5. The van der Waals surface area contributed by atoms with Gasteiger partial charge in [-0.1, -0.05) is 23.4 Å². The van der Waals surface area contributed by atoms with Crippen molar-refractivity contribution in [3.8, 4) is 11.4 Å². The van der Waals surface area contributed by atoms with Gasteiger partial charge < -0.3 is 19.3 Å². The summed E-state index contributed by atoms with van der Waals surface area (Å²) in [5, 5.41) is 6.95. The van der Waals surface area contributed by atoms with Gasteiger partial charge in [-0.2, -0.15) is 9.88 Å². The molecule has 0 radical (unpaired) electrons. The maximum absolute atomic E-state index is 13.0. The molecule has 1 N–H and O–H groups in total. The van der Waals surface area contributed by atoms with E-state index in [9.17, 15) is 14.4 Å². The lowest BCUT2D eigenvalue weighted by Gasteiger charge is -2.24. The van der Waals surface area contributed by atoms with Crippen molar-refractivity contribution in [1.29, 1.82) is 0 Å². The molecule has 184 valence electrons. The maximum atomic E-state index is 13.0. The van der Waals surface area contributed by atoms with E-state index < -0.39 is 17.7 Å². The number of fused-ring (bicyclic) bond motifs is 1. The number of imide groups is 1. The fourth-order valence-electron chi connectivity index (χ4n) is 3.97. The number of ether oxygens (including phenoxy) is 2. The molecule has 1 aliphatic rings. The number of nitrogens with one attached hydrogen (secondary N) is 1. The van der Waals surface area contributed by atoms with Gasteiger partial charge >= 0.3 is 12.2 Å². The highest BCUT2D eigenvalue weighted by atomic mass is 16.6. The SMILES string of the molecule is COC(=O)N(C(=O)OC)C1(c2nc(-c3ccc(C)c(NC(=O)c4cnc5ccccn45)c3)no2)CC1. The number of hydrogen-bond acceptors (Lipinski definition) is 9. The monoisotopic (exact) mass is 490 g/mol. The molecule has 4 aromatic rings. The van der Waals surface area contributed by atoms with E-state index in [1.807, 2.05) is 31.2 Å². The second kappa shape index (κ2) is 8.80. The lowest BCUT2D eigenvalue weighted by Crippen LogP contribution is -2.45. The van der Waals surface area contributed by atoms with Crippen molar-refractivity contribution < 1.29 is 28.4 Å². The van der Waals surface area contributed by atoms with Crippen LogP contribution in [0.2, 0.25) is 0 Å². The van der Waals surface area contributed by atoms with Crippen LogP contribution < -0.4 is 5.32 Å². The van der Waals surface area contributed by atoms with Crippen molar-refractivity contribution in [3.05, 3.63) is 65.9 Å². The van der Waals surface area contributed by atoms with Gasteiger partial charge in [-0.3, -0.25) is 9.20 Å². The van der Waals surface area contributed by atoms with Crippen molar-refractivity contribution in [2.45, 2.75) is 25.3 Å². The summed E-state index contributed by atoms with van der Waals surface area (Å²) in [7, 11) is 2.34. The van der Waals surface area contributed by atoms with Gasteiger partial charge in [-0.15, -0.1) is 0 Å². The van der Waals surface area contributed by atoms with Crippen molar-refractivity contribution in [3.63, 3.8) is 0 Å². The van der Waals surface area contributed by atoms with E-state index in [1.165, 1.54) is 20.4 Å². The first kappa shape index (κ1) is 23.0. The lowest BCUT2D eigenvalue weighted by atomic mass is 10.1. The molecule has 0 atom stereocenters. The van der Waals surface area contributed by atoms with E-state index >= 15 is 0 Å². The average molecular weight is 490 g/mol. The number of imidazole rings is 1. The number of methoxy groups -OCH3 is 2. The summed E-state index contributed by atoms with van der Waals surface area (Å²) in [5.41, 5.74) is 1.87. The predicted molar refractivity (Wildman–Crippen MR) is 125 cm³/mol. The zero-order chi connectivity index (χ0) is 25.4. The first-order valence-corrected chi connectivity index (χ1v) is 11.0. The molecule has 36 heavy (non-hydrogen) atoms. The summed E-state index contributed by atoms with van der Waals surface area (Å²) < 4.78 is 16.7. The highest BCUT2D eigenvalue weighted by Gasteiger charge is 2.60. The molecule has 12 heteroatoms. The number of pyridine rings is 1. The Hall–Kier alpha value is -4.74. The molecule has 3 aromatic heterocycles. The Kier molecular flexibility index (Phi) is 5.63. The Labute approximate surface area is 204 Å². The van der Waals surface area contributed by atoms with Crippen LogP contribution in [-0.2, 0) is 15.0 Å². The Morgan fingerprint density at radius 3 is 2.56 bits per heavy atom. The number of amides is 3. The largest absolute Gasteiger partial charge is 0.452 e. The van der Waals surface area contributed by atoms with Gasteiger partial charge in [0.15, 0.2) is 0 Å². The van der Waals surface area contributed by atoms with E-state index in [-0.39, 0.29) is 17.6 Å². The van der Waals surface area contributed by atoms with E-state index in [1.54, 1.807) is 22.7 Å². The molecule has 1 fully saturated rings. The van der Waals surface area contributed by atoms with Crippen LogP contribution >= 0.6 is 0 Å². The predicted octanol–water partition coefficient (Wildman–Crippen LogP) is 3.77. The zero-order valence-corrected chi connectivity index (χ0v) is 19.7. The first-order chi connectivity index (χ1) is 17.4. The van der Waals surface area contributed by atoms with Crippen LogP contribution in [0.25, 0.3) is 17.0 Å². The Balaban J connectivity index is 1.42. The summed E-state index contributed by atoms with van der Waals surface area (Å²) in [4.78, 5) is 47.1. The van der Waals surface area contributed by atoms with Gasteiger partial charge in [0.1, 0.15) is 16.9 Å². The lowest BCUT2D eigenvalue weighted by molar-refractivity contribution is 0.0692. The zero-order valence-electron chi connectivity index (χ0n) is 19.7. The van der Waals surface area contributed by atoms with Crippen LogP contribution in [0, 0.1) is 6.92 Å². The van der Waals surface area contributed by atoms with Crippen LogP contribution in [0.5, 0.6) is 0 Å². The van der Waals surface area contributed by atoms with Crippen LogP contribution in [0.1, 0.15) is 34.8 Å². The normalized spacial score (nSPS) is 13.8. The summed E-state index contributed by atoms with van der Waals surface area (Å²) in [6.45, 7) is 1.86. The third-order valence-corrected chi connectivity index (χ3v) is 6.08. The molecule has 0 spiro atoms. The van der Waals surface area contributed by atoms with Crippen molar-refractivity contribution in [2.75, 3.05) is 19.5 Å². The Morgan fingerprint density at radius 1 is 1.11 bits per heavy atom. The molecular formula is C24H22N6O6. The van der Waals surface area contributed by atoms with E-state index in [0.29, 0.717) is 35.4 Å². The van der Waals surface area contributed by atoms with Crippen molar-refractivity contribution in [1.82, 2.24) is 24.4 Å². The third kappa shape index (κ3) is 3.82. The number of hydrogen-bond donors (Lipinski definition) is 1. The minimum absolute atomic E-state index is 0.0881. The molecule has 0 unspecified atom stereocenters. The Morgan fingerprint density at radius 2 is 1.86 bits per heavy atom. The van der Waals surface area contributed by atoms with Crippen LogP contribution in [0.4, 0.5) is 15.3 Å². The molecular weight excluding hydrogens is 468 g/mol. The molecule has 3 amide bonds. The third-order valence-electron chi connectivity index (χ3n) is 6.08. The van der Waals surface area contributed by atoms with E-state index in [4.69, 9.17) is 14.0 Å². The second-order valence-electron chi connectivity index (χ2n) is 8.29. The van der Waals surface area contributed by atoms with E-state index in [2.05, 4.69) is 20.4 Å². The second-order valence-corrected chi connectivity index (χ2v) is 8.29. The highest BCUT2D eigenvalue weighted by Crippen LogP contribution is 2.51. The van der Waals surface area contributed by atoms with Gasteiger partial charge in [-0.05, 0) is 43.5 Å². The fourth-order valence-corrected chi connectivity index (χ4v) is 3.97. The summed E-state index contributed by atoms with van der Waals surface area (Å²) in [6.07, 6.45) is 2.36. The molecule has 1 saturated carbocycles. The minimum Gasteiger partial charge on any atom is -0.452 e. The molecule has 3 heterocycles. The molecule has 12 nitrogen and oxygen atoms in total. The van der Waals surface area contributed by atoms with Gasteiger partial charge in [0.05, 0.1) is 20.4 Å². The van der Waals surface area contributed by atoms with Gasteiger partial charge in [0.2, 0.25) is 5.82 Å². The van der Waals surface area contributed by atoms with Gasteiger partial charge in [0.25, 0.3) is 11.8 Å². The molecule has 0 aliphatic heterocycles. The number of aryl methyl sites for hydroxylation is 1. The molecule has 1 aliphatic carbocycles. The number of carbonyl (C=O) groups is 3. The molecule has 1 aromatic carbocycles. The number of rotatable bonds is 5. The quantitative estimate of drug-likeness (QED) is 0.442. The number of aromatic nitrogens is 4. The highest BCUT2D eigenvalue weighted by molar-refractivity contribution is 6.04. The van der Waals surface area contributed by atoms with Crippen molar-refractivity contribution in [2.24, 2.45) is 0 Å². The minimum atomic E-state index is -1.13.